The van der Waals surface area contributed by atoms with E-state index in [-0.39, 0.29) is 0 Å². The van der Waals surface area contributed by atoms with Gasteiger partial charge in [0.05, 0.1) is 5.69 Å². The van der Waals surface area contributed by atoms with Gasteiger partial charge in [0, 0.05) is 5.39 Å². The molecule has 0 saturated heterocycles. The zero-order chi connectivity index (χ0) is 12.4. The van der Waals surface area contributed by atoms with E-state index >= 15 is 0 Å². The van der Waals surface area contributed by atoms with Crippen LogP contribution >= 0.6 is 0 Å². The Hall–Kier alpha value is -2.05. The van der Waals surface area contributed by atoms with Gasteiger partial charge in [0.1, 0.15) is 0 Å². The molecule has 1 amide bonds. The van der Waals surface area contributed by atoms with Crippen LogP contribution in [0.4, 0.5) is 10.5 Å². The number of hydrogen-bond donors (Lipinski definition) is 4. The van der Waals surface area contributed by atoms with Gasteiger partial charge in [-0.3, -0.25) is 5.32 Å². The fourth-order valence-corrected chi connectivity index (χ4v) is 1.77. The number of carbonyl (C=O) groups is 1. The second-order valence-corrected chi connectivity index (χ2v) is 3.55. The Kier molecular flexibility index (Phi) is 2.99. The summed E-state index contributed by atoms with van der Waals surface area (Å²) in [6.45, 7) is 0. The first-order valence-electron chi connectivity index (χ1n) is 4.97. The first-order valence-corrected chi connectivity index (χ1v) is 4.97. The molecule has 0 atom stereocenters. The van der Waals surface area contributed by atoms with Gasteiger partial charge in [0.2, 0.25) is 0 Å². The minimum Gasteiger partial charge on any atom is -0.465 e. The molecule has 2 aromatic rings. The molecule has 6 heteroatoms. The molecule has 0 saturated carbocycles. The highest BCUT2D eigenvalue weighted by atomic mass is 16.4. The number of fused-ring (bicyclic) bond motifs is 1. The lowest BCUT2D eigenvalue weighted by Gasteiger charge is -2.10. The van der Waals surface area contributed by atoms with Gasteiger partial charge in [-0.15, -0.1) is 0 Å². The molecule has 86 valence electrons. The van der Waals surface area contributed by atoms with E-state index in [2.05, 4.69) is 5.32 Å². The van der Waals surface area contributed by atoms with Crippen LogP contribution in [0.1, 0.15) is 0 Å². The van der Waals surface area contributed by atoms with Crippen molar-refractivity contribution in [3.8, 4) is 0 Å². The molecule has 0 aliphatic rings. The third kappa shape index (κ3) is 2.22. The average molecular weight is 231 g/mol. The van der Waals surface area contributed by atoms with Crippen molar-refractivity contribution in [3.05, 3.63) is 36.4 Å². The number of benzene rings is 2. The Morgan fingerprint density at radius 3 is 2.29 bits per heavy atom. The smallest absolute Gasteiger partial charge is 0.465 e. The summed E-state index contributed by atoms with van der Waals surface area (Å²) in [6, 6.07) is 9.91. The quantitative estimate of drug-likeness (QED) is 0.570. The van der Waals surface area contributed by atoms with E-state index in [1.165, 1.54) is 12.1 Å². The maximum Gasteiger partial charge on any atom is 0.489 e. The van der Waals surface area contributed by atoms with Crippen molar-refractivity contribution in [2.45, 2.75) is 0 Å². The third-order valence-corrected chi connectivity index (χ3v) is 2.48. The van der Waals surface area contributed by atoms with Crippen molar-refractivity contribution in [1.29, 1.82) is 0 Å². The summed E-state index contributed by atoms with van der Waals surface area (Å²) >= 11 is 0. The van der Waals surface area contributed by atoms with Crippen LogP contribution in [-0.4, -0.2) is 28.4 Å². The molecule has 0 unspecified atom stereocenters. The summed E-state index contributed by atoms with van der Waals surface area (Å²) in [4.78, 5) is 10.6. The Morgan fingerprint density at radius 2 is 1.71 bits per heavy atom. The molecule has 0 aliphatic heterocycles. The monoisotopic (exact) mass is 231 g/mol. The van der Waals surface area contributed by atoms with E-state index in [1.54, 1.807) is 24.3 Å². The zero-order valence-corrected chi connectivity index (χ0v) is 8.79. The molecule has 0 aromatic heterocycles. The number of amides is 1. The van der Waals surface area contributed by atoms with E-state index in [9.17, 15) is 14.8 Å². The average Bonchev–Trinajstić information content (AvgIpc) is 2.28. The van der Waals surface area contributed by atoms with Crippen molar-refractivity contribution < 1.29 is 19.9 Å². The first kappa shape index (κ1) is 11.4. The maximum absolute atomic E-state index is 10.6. The Balaban J connectivity index is 2.66. The van der Waals surface area contributed by atoms with Crippen LogP contribution in [0.3, 0.4) is 0 Å². The molecule has 0 radical (unpaired) electrons. The standard InChI is InChI=1S/C11H10BNO4/c14-11(15)13-10-6-5-9(12(16)17)7-3-1-2-4-8(7)10/h1-6,13,16-17H,(H,14,15). The topological polar surface area (TPSA) is 89.8 Å². The number of rotatable bonds is 2. The highest BCUT2D eigenvalue weighted by Crippen LogP contribution is 2.21. The molecule has 2 rings (SSSR count). The van der Waals surface area contributed by atoms with Crippen LogP contribution in [0.5, 0.6) is 0 Å². The minimum absolute atomic E-state index is 0.344. The van der Waals surface area contributed by atoms with Crippen LogP contribution < -0.4 is 10.8 Å². The van der Waals surface area contributed by atoms with E-state index in [1.807, 2.05) is 0 Å². The number of anilines is 1. The molecular formula is C11H10BNO4. The Bertz CT molecular complexity index is 570. The van der Waals surface area contributed by atoms with Crippen molar-refractivity contribution >= 4 is 35.1 Å². The molecule has 0 aliphatic carbocycles. The number of carboxylic acid groups (broad SMARTS) is 1. The van der Waals surface area contributed by atoms with Crippen molar-refractivity contribution in [3.63, 3.8) is 0 Å². The number of hydrogen-bond acceptors (Lipinski definition) is 3. The van der Waals surface area contributed by atoms with E-state index < -0.39 is 13.2 Å². The van der Waals surface area contributed by atoms with Gasteiger partial charge in [-0.05, 0) is 16.9 Å². The lowest BCUT2D eigenvalue weighted by Crippen LogP contribution is -2.30. The Labute approximate surface area is 97.5 Å². The van der Waals surface area contributed by atoms with Crippen LogP contribution in [0.2, 0.25) is 0 Å². The van der Waals surface area contributed by atoms with Gasteiger partial charge in [0.25, 0.3) is 0 Å². The van der Waals surface area contributed by atoms with Gasteiger partial charge in [0.15, 0.2) is 0 Å². The first-order chi connectivity index (χ1) is 8.09. The molecule has 0 heterocycles. The van der Waals surface area contributed by atoms with Crippen molar-refractivity contribution in [2.24, 2.45) is 0 Å². The summed E-state index contributed by atoms with van der Waals surface area (Å²) in [5.41, 5.74) is 0.758. The predicted molar refractivity (Wildman–Crippen MR) is 65.4 cm³/mol. The molecule has 2 aromatic carbocycles. The fourth-order valence-electron chi connectivity index (χ4n) is 1.77. The molecule has 0 bridgehead atoms. The van der Waals surface area contributed by atoms with Gasteiger partial charge < -0.3 is 15.2 Å². The molecule has 0 fully saturated rings. The zero-order valence-electron chi connectivity index (χ0n) is 8.79. The molecule has 17 heavy (non-hydrogen) atoms. The fraction of sp³-hybridized carbons (Fsp3) is 0. The SMILES string of the molecule is O=C(O)Nc1ccc(B(O)O)c2ccccc12. The van der Waals surface area contributed by atoms with Gasteiger partial charge in [-0.25, -0.2) is 4.79 Å². The highest BCUT2D eigenvalue weighted by molar-refractivity contribution is 6.62. The number of nitrogens with one attached hydrogen (secondary N) is 1. The molecule has 4 N–H and O–H groups in total. The predicted octanol–water partition coefficient (Wildman–Crippen LogP) is 0.610. The second-order valence-electron chi connectivity index (χ2n) is 3.55. The maximum atomic E-state index is 10.6. The van der Waals surface area contributed by atoms with E-state index in [0.29, 0.717) is 21.9 Å². The Morgan fingerprint density at radius 1 is 1.06 bits per heavy atom. The van der Waals surface area contributed by atoms with Gasteiger partial charge in [-0.2, -0.15) is 0 Å². The molecule has 0 spiro atoms. The van der Waals surface area contributed by atoms with Gasteiger partial charge in [-0.1, -0.05) is 30.3 Å². The highest BCUT2D eigenvalue weighted by Gasteiger charge is 2.16. The second kappa shape index (κ2) is 4.44. The van der Waals surface area contributed by atoms with E-state index in [0.717, 1.165) is 0 Å². The van der Waals surface area contributed by atoms with Crippen molar-refractivity contribution in [2.75, 3.05) is 5.32 Å². The summed E-state index contributed by atoms with van der Waals surface area (Å²) in [7, 11) is -1.58. The van der Waals surface area contributed by atoms with Crippen LogP contribution in [0, 0.1) is 0 Å². The molecular weight excluding hydrogens is 221 g/mol. The summed E-state index contributed by atoms with van der Waals surface area (Å²) in [6.07, 6.45) is -1.16. The summed E-state index contributed by atoms with van der Waals surface area (Å²) in [5.74, 6) is 0. The molecule has 5 nitrogen and oxygen atoms in total. The van der Waals surface area contributed by atoms with Crippen LogP contribution in [0.25, 0.3) is 10.8 Å². The lowest BCUT2D eigenvalue weighted by atomic mass is 9.77. The van der Waals surface area contributed by atoms with Crippen LogP contribution in [0.15, 0.2) is 36.4 Å². The van der Waals surface area contributed by atoms with Crippen molar-refractivity contribution in [1.82, 2.24) is 0 Å². The summed E-state index contributed by atoms with van der Waals surface area (Å²) < 4.78 is 0. The third-order valence-electron chi connectivity index (χ3n) is 2.48. The van der Waals surface area contributed by atoms with Gasteiger partial charge >= 0.3 is 13.2 Å². The largest absolute Gasteiger partial charge is 0.489 e. The van der Waals surface area contributed by atoms with E-state index in [4.69, 9.17) is 5.11 Å². The van der Waals surface area contributed by atoms with Crippen LogP contribution in [-0.2, 0) is 0 Å². The normalized spacial score (nSPS) is 10.2. The lowest BCUT2D eigenvalue weighted by molar-refractivity contribution is 0.210. The summed E-state index contributed by atoms with van der Waals surface area (Å²) in [5, 5.41) is 30.6. The minimum atomic E-state index is -1.58.